The van der Waals surface area contributed by atoms with Crippen molar-refractivity contribution in [3.63, 3.8) is 0 Å². The van der Waals surface area contributed by atoms with Crippen LogP contribution in [0.2, 0.25) is 0 Å². The van der Waals surface area contributed by atoms with E-state index in [1.807, 2.05) is 0 Å². The molecule has 1 aromatic rings. The molecule has 0 aliphatic carbocycles. The smallest absolute Gasteiger partial charge is 0.413 e. The monoisotopic (exact) mass is 263 g/mol. The number of benzene rings is 1. The summed E-state index contributed by atoms with van der Waals surface area (Å²) in [5.74, 6) is -0.553. The van der Waals surface area contributed by atoms with Gasteiger partial charge in [-0.1, -0.05) is 18.2 Å². The van der Waals surface area contributed by atoms with Crippen molar-refractivity contribution in [2.75, 3.05) is 13.7 Å². The highest BCUT2D eigenvalue weighted by atomic mass is 19.4. The third-order valence-electron chi connectivity index (χ3n) is 2.02. The summed E-state index contributed by atoms with van der Waals surface area (Å²) in [7, 11) is 1.23. The fourth-order valence-electron chi connectivity index (χ4n) is 1.25. The first-order chi connectivity index (χ1) is 8.44. The van der Waals surface area contributed by atoms with Crippen molar-refractivity contribution in [2.45, 2.75) is 12.7 Å². The molecule has 1 N–H and O–H groups in total. The highest BCUT2D eigenvalue weighted by molar-refractivity contribution is 5.90. The summed E-state index contributed by atoms with van der Waals surface area (Å²) in [6.07, 6.45) is -4.39. The van der Waals surface area contributed by atoms with Gasteiger partial charge >= 0.3 is 12.1 Å². The molecule has 0 heterocycles. The highest BCUT2D eigenvalue weighted by Gasteiger charge is 2.27. The van der Waals surface area contributed by atoms with Crippen LogP contribution in [-0.2, 0) is 16.1 Å². The molecule has 7 heteroatoms. The Hall–Kier alpha value is -1.60. The minimum atomic E-state index is -4.39. The van der Waals surface area contributed by atoms with Gasteiger partial charge in [0.2, 0.25) is 0 Å². The van der Waals surface area contributed by atoms with Gasteiger partial charge in [-0.15, -0.1) is 0 Å². The molecule has 0 atom stereocenters. The van der Waals surface area contributed by atoms with Crippen molar-refractivity contribution in [1.82, 2.24) is 5.48 Å². The van der Waals surface area contributed by atoms with Gasteiger partial charge in [0.1, 0.15) is 0 Å². The van der Waals surface area contributed by atoms with Crippen molar-refractivity contribution in [2.24, 2.45) is 0 Å². The Morgan fingerprint density at radius 2 is 2.00 bits per heavy atom. The standard InChI is InChI=1S/C11H12F3NO3/c1-17-10(16)9-5-3-2-4-8(9)6-15-18-7-11(12,13)14/h2-5,15H,6-7H2,1H3. The van der Waals surface area contributed by atoms with E-state index in [0.717, 1.165) is 0 Å². The molecular weight excluding hydrogens is 251 g/mol. The maximum atomic E-state index is 11.8. The van der Waals surface area contributed by atoms with Crippen molar-refractivity contribution >= 4 is 5.97 Å². The molecule has 0 fully saturated rings. The summed E-state index contributed by atoms with van der Waals surface area (Å²) in [4.78, 5) is 15.6. The Labute approximate surface area is 102 Å². The molecule has 1 aromatic carbocycles. The van der Waals surface area contributed by atoms with Gasteiger partial charge < -0.3 is 4.74 Å². The highest BCUT2D eigenvalue weighted by Crippen LogP contribution is 2.14. The third kappa shape index (κ3) is 4.72. The normalized spacial score (nSPS) is 11.3. The first kappa shape index (κ1) is 14.5. The lowest BCUT2D eigenvalue weighted by atomic mass is 10.1. The van der Waals surface area contributed by atoms with Crippen LogP contribution in [0.25, 0.3) is 0 Å². The van der Waals surface area contributed by atoms with Crippen LogP contribution >= 0.6 is 0 Å². The molecule has 0 radical (unpaired) electrons. The van der Waals surface area contributed by atoms with Crippen LogP contribution in [0.15, 0.2) is 24.3 Å². The van der Waals surface area contributed by atoms with Crippen LogP contribution in [0.3, 0.4) is 0 Å². The zero-order chi connectivity index (χ0) is 13.6. The van der Waals surface area contributed by atoms with Gasteiger partial charge in [-0.05, 0) is 11.6 Å². The van der Waals surface area contributed by atoms with E-state index in [1.54, 1.807) is 18.2 Å². The molecular formula is C11H12F3NO3. The summed E-state index contributed by atoms with van der Waals surface area (Å²) in [6, 6.07) is 6.41. The molecule has 100 valence electrons. The number of hydroxylamine groups is 1. The summed E-state index contributed by atoms with van der Waals surface area (Å²) in [5, 5.41) is 0. The van der Waals surface area contributed by atoms with Gasteiger partial charge in [-0.3, -0.25) is 4.84 Å². The number of hydrogen-bond acceptors (Lipinski definition) is 4. The van der Waals surface area contributed by atoms with Gasteiger partial charge in [0.15, 0.2) is 6.61 Å². The number of methoxy groups -OCH3 is 1. The summed E-state index contributed by atoms with van der Waals surface area (Å²) in [5.41, 5.74) is 2.92. The van der Waals surface area contributed by atoms with Crippen LogP contribution < -0.4 is 5.48 Å². The number of rotatable bonds is 5. The number of esters is 1. The number of halogens is 3. The van der Waals surface area contributed by atoms with E-state index in [4.69, 9.17) is 0 Å². The van der Waals surface area contributed by atoms with Crippen LogP contribution in [0.5, 0.6) is 0 Å². The van der Waals surface area contributed by atoms with Gasteiger partial charge in [-0.25, -0.2) is 4.79 Å². The number of carbonyl (C=O) groups excluding carboxylic acids is 1. The molecule has 0 aliphatic heterocycles. The number of ether oxygens (including phenoxy) is 1. The second-order valence-electron chi connectivity index (χ2n) is 3.37. The summed E-state index contributed by atoms with van der Waals surface area (Å²) >= 11 is 0. The summed E-state index contributed by atoms with van der Waals surface area (Å²) < 4.78 is 40.0. The van der Waals surface area contributed by atoms with E-state index < -0.39 is 18.8 Å². The lowest BCUT2D eigenvalue weighted by Gasteiger charge is -2.10. The van der Waals surface area contributed by atoms with Gasteiger partial charge in [-0.2, -0.15) is 18.7 Å². The fourth-order valence-corrected chi connectivity index (χ4v) is 1.25. The molecule has 0 aromatic heterocycles. The Balaban J connectivity index is 2.54. The van der Waals surface area contributed by atoms with E-state index >= 15 is 0 Å². The first-order valence-electron chi connectivity index (χ1n) is 5.01. The second-order valence-corrected chi connectivity index (χ2v) is 3.37. The van der Waals surface area contributed by atoms with Crippen LogP contribution in [0.4, 0.5) is 13.2 Å². The third-order valence-corrected chi connectivity index (χ3v) is 2.02. The molecule has 0 saturated carbocycles. The summed E-state index contributed by atoms with van der Waals surface area (Å²) in [6.45, 7) is -1.42. The average molecular weight is 263 g/mol. The number of carbonyl (C=O) groups is 1. The fraction of sp³-hybridized carbons (Fsp3) is 0.364. The predicted molar refractivity (Wildman–Crippen MR) is 56.6 cm³/mol. The van der Waals surface area contributed by atoms with Crippen molar-refractivity contribution in [1.29, 1.82) is 0 Å². The Morgan fingerprint density at radius 3 is 2.61 bits per heavy atom. The van der Waals surface area contributed by atoms with Crippen molar-refractivity contribution in [3.8, 4) is 0 Å². The van der Waals surface area contributed by atoms with E-state index in [-0.39, 0.29) is 12.1 Å². The quantitative estimate of drug-likeness (QED) is 0.502. The van der Waals surface area contributed by atoms with Crippen molar-refractivity contribution < 1.29 is 27.5 Å². The van der Waals surface area contributed by atoms with Crippen LogP contribution in [0, 0.1) is 0 Å². The molecule has 0 spiro atoms. The second kappa shape index (κ2) is 6.36. The van der Waals surface area contributed by atoms with Gasteiger partial charge in [0.25, 0.3) is 0 Å². The zero-order valence-electron chi connectivity index (χ0n) is 9.58. The first-order valence-corrected chi connectivity index (χ1v) is 5.01. The molecule has 0 unspecified atom stereocenters. The predicted octanol–water partition coefficient (Wildman–Crippen LogP) is 2.06. The van der Waals surface area contributed by atoms with Gasteiger partial charge in [0, 0.05) is 6.54 Å². The maximum Gasteiger partial charge on any atom is 0.413 e. The lowest BCUT2D eigenvalue weighted by molar-refractivity contribution is -0.190. The van der Waals surface area contributed by atoms with E-state index in [2.05, 4.69) is 15.1 Å². The van der Waals surface area contributed by atoms with Crippen LogP contribution in [0.1, 0.15) is 15.9 Å². The number of alkyl halides is 3. The van der Waals surface area contributed by atoms with Gasteiger partial charge in [0.05, 0.1) is 12.7 Å². The van der Waals surface area contributed by atoms with Crippen molar-refractivity contribution in [3.05, 3.63) is 35.4 Å². The molecule has 4 nitrogen and oxygen atoms in total. The zero-order valence-corrected chi connectivity index (χ0v) is 9.58. The Morgan fingerprint density at radius 1 is 1.33 bits per heavy atom. The lowest BCUT2D eigenvalue weighted by Crippen LogP contribution is -2.25. The largest absolute Gasteiger partial charge is 0.465 e. The molecule has 0 saturated heterocycles. The maximum absolute atomic E-state index is 11.8. The average Bonchev–Trinajstić information content (AvgIpc) is 2.33. The SMILES string of the molecule is COC(=O)c1ccccc1CNOCC(F)(F)F. The minimum absolute atomic E-state index is 0.0264. The molecule has 0 aliphatic rings. The van der Waals surface area contributed by atoms with E-state index in [0.29, 0.717) is 5.56 Å². The van der Waals surface area contributed by atoms with E-state index in [9.17, 15) is 18.0 Å². The number of nitrogens with one attached hydrogen (secondary N) is 1. The van der Waals surface area contributed by atoms with Crippen LogP contribution in [-0.4, -0.2) is 25.9 Å². The van der Waals surface area contributed by atoms with E-state index in [1.165, 1.54) is 13.2 Å². The number of hydrogen-bond donors (Lipinski definition) is 1. The Bertz CT molecular complexity index is 407. The molecule has 1 rings (SSSR count). The Kier molecular flexibility index (Phi) is 5.11. The molecule has 0 bridgehead atoms. The topological polar surface area (TPSA) is 47.6 Å². The molecule has 0 amide bonds. The minimum Gasteiger partial charge on any atom is -0.465 e. The molecule has 18 heavy (non-hydrogen) atoms.